The Morgan fingerprint density at radius 1 is 1.40 bits per heavy atom. The van der Waals surface area contributed by atoms with Gasteiger partial charge in [0.15, 0.2) is 0 Å². The molecule has 0 aromatic heterocycles. The Hall–Kier alpha value is -1.31. The van der Waals surface area contributed by atoms with E-state index in [1.807, 2.05) is 58.1 Å². The molecule has 1 rings (SSSR count). The van der Waals surface area contributed by atoms with Crippen molar-refractivity contribution in [2.75, 3.05) is 0 Å². The second kappa shape index (κ2) is 4.47. The van der Waals surface area contributed by atoms with E-state index < -0.39 is 5.41 Å². The zero-order chi connectivity index (χ0) is 11.5. The molecule has 1 unspecified atom stereocenters. The van der Waals surface area contributed by atoms with Crippen molar-refractivity contribution in [3.8, 4) is 0 Å². The van der Waals surface area contributed by atoms with Crippen molar-refractivity contribution in [3.05, 3.63) is 36.0 Å². The summed E-state index contributed by atoms with van der Waals surface area (Å²) in [4.78, 5) is 12.0. The van der Waals surface area contributed by atoms with Gasteiger partial charge in [-0.05, 0) is 27.7 Å². The Bertz CT molecular complexity index is 336. The average molecular weight is 205 g/mol. The zero-order valence-corrected chi connectivity index (χ0v) is 9.87. The minimum atomic E-state index is -0.529. The predicted molar refractivity (Wildman–Crippen MR) is 63.4 cm³/mol. The summed E-state index contributed by atoms with van der Waals surface area (Å²) in [6.07, 6.45) is 9.80. The SMILES string of the molecule is CC1=CC=CC(C)(C(=O)NC(C)C)C=C1. The first-order chi connectivity index (χ1) is 6.94. The highest BCUT2D eigenvalue weighted by Crippen LogP contribution is 2.24. The molecule has 0 fully saturated rings. The third-order valence-corrected chi connectivity index (χ3v) is 2.40. The molecular formula is C13H19NO. The van der Waals surface area contributed by atoms with Crippen LogP contribution in [0.5, 0.6) is 0 Å². The van der Waals surface area contributed by atoms with E-state index in [2.05, 4.69) is 5.32 Å². The Kier molecular flexibility index (Phi) is 3.51. The van der Waals surface area contributed by atoms with Crippen molar-refractivity contribution in [1.29, 1.82) is 0 Å². The number of rotatable bonds is 2. The summed E-state index contributed by atoms with van der Waals surface area (Å²) in [5.41, 5.74) is 0.630. The van der Waals surface area contributed by atoms with Crippen LogP contribution in [0, 0.1) is 5.41 Å². The minimum absolute atomic E-state index is 0.0492. The van der Waals surface area contributed by atoms with Gasteiger partial charge in [0.05, 0.1) is 5.41 Å². The van der Waals surface area contributed by atoms with Crippen molar-refractivity contribution in [2.45, 2.75) is 33.7 Å². The molecule has 1 N–H and O–H groups in total. The van der Waals surface area contributed by atoms with Crippen LogP contribution in [0.2, 0.25) is 0 Å². The number of carbonyl (C=O) groups excluding carboxylic acids is 1. The van der Waals surface area contributed by atoms with E-state index in [-0.39, 0.29) is 11.9 Å². The summed E-state index contributed by atoms with van der Waals surface area (Å²) >= 11 is 0. The van der Waals surface area contributed by atoms with Crippen molar-refractivity contribution in [3.63, 3.8) is 0 Å². The topological polar surface area (TPSA) is 29.1 Å². The molecule has 0 radical (unpaired) electrons. The highest BCUT2D eigenvalue weighted by atomic mass is 16.2. The number of hydrogen-bond acceptors (Lipinski definition) is 1. The quantitative estimate of drug-likeness (QED) is 0.737. The Balaban J connectivity index is 2.85. The summed E-state index contributed by atoms with van der Waals surface area (Å²) in [6, 6.07) is 0.174. The fourth-order valence-electron chi connectivity index (χ4n) is 1.38. The average Bonchev–Trinajstić information content (AvgIpc) is 2.29. The Morgan fingerprint density at radius 3 is 2.67 bits per heavy atom. The molecule has 1 atom stereocenters. The summed E-state index contributed by atoms with van der Waals surface area (Å²) in [6.45, 7) is 7.88. The van der Waals surface area contributed by atoms with Crippen molar-refractivity contribution in [2.24, 2.45) is 5.41 Å². The molecule has 1 amide bonds. The second-order valence-electron chi connectivity index (χ2n) is 4.51. The van der Waals surface area contributed by atoms with Crippen LogP contribution in [0.1, 0.15) is 27.7 Å². The van der Waals surface area contributed by atoms with Gasteiger partial charge in [0.1, 0.15) is 0 Å². The molecule has 15 heavy (non-hydrogen) atoms. The van der Waals surface area contributed by atoms with Crippen LogP contribution in [0.4, 0.5) is 0 Å². The number of hydrogen-bond donors (Lipinski definition) is 1. The van der Waals surface area contributed by atoms with Gasteiger partial charge in [0.2, 0.25) is 5.91 Å². The van der Waals surface area contributed by atoms with Gasteiger partial charge in [-0.25, -0.2) is 0 Å². The van der Waals surface area contributed by atoms with E-state index in [4.69, 9.17) is 0 Å². The molecule has 0 bridgehead atoms. The monoisotopic (exact) mass is 205 g/mol. The van der Waals surface area contributed by atoms with Crippen LogP contribution in [-0.4, -0.2) is 11.9 Å². The summed E-state index contributed by atoms with van der Waals surface area (Å²) in [5.74, 6) is 0.0492. The van der Waals surface area contributed by atoms with E-state index in [0.29, 0.717) is 0 Å². The number of carbonyl (C=O) groups is 1. The van der Waals surface area contributed by atoms with Crippen LogP contribution in [0.15, 0.2) is 36.0 Å². The van der Waals surface area contributed by atoms with E-state index >= 15 is 0 Å². The number of amides is 1. The summed E-state index contributed by atoms with van der Waals surface area (Å²) < 4.78 is 0. The maximum atomic E-state index is 12.0. The maximum absolute atomic E-state index is 12.0. The van der Waals surface area contributed by atoms with Crippen molar-refractivity contribution in [1.82, 2.24) is 5.32 Å². The molecule has 2 heteroatoms. The molecule has 1 aliphatic rings. The van der Waals surface area contributed by atoms with Gasteiger partial charge >= 0.3 is 0 Å². The zero-order valence-electron chi connectivity index (χ0n) is 9.87. The smallest absolute Gasteiger partial charge is 0.233 e. The van der Waals surface area contributed by atoms with E-state index in [9.17, 15) is 4.79 Å². The third kappa shape index (κ3) is 3.08. The summed E-state index contributed by atoms with van der Waals surface area (Å²) in [7, 11) is 0. The lowest BCUT2D eigenvalue weighted by Crippen LogP contribution is -2.40. The molecule has 0 heterocycles. The predicted octanol–water partition coefficient (Wildman–Crippen LogP) is 2.59. The Labute approximate surface area is 91.8 Å². The van der Waals surface area contributed by atoms with Crippen molar-refractivity contribution < 1.29 is 4.79 Å². The fraction of sp³-hybridized carbons (Fsp3) is 0.462. The third-order valence-electron chi connectivity index (χ3n) is 2.40. The van der Waals surface area contributed by atoms with E-state index in [0.717, 1.165) is 5.57 Å². The standard InChI is InChI=1S/C13H19NO/c1-10(2)14-12(15)13(4)8-5-6-11(3)7-9-13/h5-10H,1-4H3,(H,14,15). The van der Waals surface area contributed by atoms with E-state index in [1.165, 1.54) is 0 Å². The first-order valence-corrected chi connectivity index (χ1v) is 5.30. The van der Waals surface area contributed by atoms with Gasteiger partial charge in [0.25, 0.3) is 0 Å². The molecule has 0 saturated heterocycles. The molecule has 1 aliphatic carbocycles. The van der Waals surface area contributed by atoms with Crippen LogP contribution < -0.4 is 5.32 Å². The van der Waals surface area contributed by atoms with Gasteiger partial charge in [-0.2, -0.15) is 0 Å². The fourth-order valence-corrected chi connectivity index (χ4v) is 1.38. The largest absolute Gasteiger partial charge is 0.353 e. The number of allylic oxidation sites excluding steroid dienone is 4. The highest BCUT2D eigenvalue weighted by molar-refractivity contribution is 5.86. The lowest BCUT2D eigenvalue weighted by atomic mass is 9.88. The van der Waals surface area contributed by atoms with Crippen LogP contribution in [-0.2, 0) is 4.79 Å². The van der Waals surface area contributed by atoms with Crippen LogP contribution in [0.3, 0.4) is 0 Å². The molecule has 82 valence electrons. The van der Waals surface area contributed by atoms with Gasteiger partial charge < -0.3 is 5.32 Å². The van der Waals surface area contributed by atoms with Gasteiger partial charge in [0, 0.05) is 6.04 Å². The van der Waals surface area contributed by atoms with E-state index in [1.54, 1.807) is 0 Å². The Morgan fingerprint density at radius 2 is 2.07 bits per heavy atom. The molecule has 2 nitrogen and oxygen atoms in total. The maximum Gasteiger partial charge on any atom is 0.233 e. The second-order valence-corrected chi connectivity index (χ2v) is 4.51. The van der Waals surface area contributed by atoms with Crippen LogP contribution >= 0.6 is 0 Å². The highest BCUT2D eigenvalue weighted by Gasteiger charge is 2.27. The summed E-state index contributed by atoms with van der Waals surface area (Å²) in [5, 5.41) is 2.93. The van der Waals surface area contributed by atoms with Gasteiger partial charge in [-0.15, -0.1) is 0 Å². The van der Waals surface area contributed by atoms with Gasteiger partial charge in [-0.3, -0.25) is 4.79 Å². The molecule has 0 aromatic carbocycles. The molecule has 0 saturated carbocycles. The normalized spacial score (nSPS) is 25.0. The molecule has 0 spiro atoms. The van der Waals surface area contributed by atoms with Gasteiger partial charge in [-0.1, -0.05) is 36.0 Å². The molecule has 0 aliphatic heterocycles. The van der Waals surface area contributed by atoms with Crippen molar-refractivity contribution >= 4 is 5.91 Å². The first kappa shape index (κ1) is 11.8. The lowest BCUT2D eigenvalue weighted by Gasteiger charge is -2.22. The van der Waals surface area contributed by atoms with Crippen LogP contribution in [0.25, 0.3) is 0 Å². The first-order valence-electron chi connectivity index (χ1n) is 5.30. The lowest BCUT2D eigenvalue weighted by molar-refractivity contribution is -0.126. The minimum Gasteiger partial charge on any atom is -0.353 e. The number of nitrogens with one attached hydrogen (secondary N) is 1. The molecular weight excluding hydrogens is 186 g/mol. The molecule has 0 aromatic rings.